The average Bonchev–Trinajstić information content (AvgIpc) is 3.12. The van der Waals surface area contributed by atoms with Crippen molar-refractivity contribution in [1.29, 1.82) is 0 Å². The normalized spacial score (nSPS) is 13.8. The summed E-state index contributed by atoms with van der Waals surface area (Å²) in [4.78, 5) is 9.06. The van der Waals surface area contributed by atoms with Crippen LogP contribution in [0, 0.1) is 13.8 Å². The molecule has 1 unspecified atom stereocenters. The number of hydrogen-bond acceptors (Lipinski definition) is 4. The Balaban J connectivity index is 1.92. The minimum Gasteiger partial charge on any atom is -0.354 e. The molecule has 0 spiro atoms. The van der Waals surface area contributed by atoms with E-state index in [1.807, 2.05) is 11.7 Å². The Morgan fingerprint density at radius 2 is 2.04 bits per heavy atom. The maximum Gasteiger partial charge on any atom is 0.191 e. The van der Waals surface area contributed by atoms with E-state index >= 15 is 0 Å². The van der Waals surface area contributed by atoms with Gasteiger partial charge in [-0.3, -0.25) is 9.67 Å². The second-order valence-electron chi connectivity index (χ2n) is 7.82. The molecule has 1 atom stereocenters. The fourth-order valence-electron chi connectivity index (χ4n) is 2.79. The number of hydrogen-bond donors (Lipinski definition) is 2. The molecule has 6 nitrogen and oxygen atoms in total. The quantitative estimate of drug-likeness (QED) is 0.622. The third-order valence-corrected chi connectivity index (χ3v) is 5.35. The van der Waals surface area contributed by atoms with Gasteiger partial charge in [0.25, 0.3) is 0 Å². The summed E-state index contributed by atoms with van der Waals surface area (Å²) in [5.74, 6) is 0.796. The summed E-state index contributed by atoms with van der Waals surface area (Å²) in [5, 5.41) is 14.5. The summed E-state index contributed by atoms with van der Waals surface area (Å²) in [5.41, 5.74) is 4.84. The largest absolute Gasteiger partial charge is 0.354 e. The number of nitrogens with zero attached hydrogens (tertiary/aromatic N) is 4. The maximum atomic E-state index is 4.72. The second kappa shape index (κ2) is 8.20. The van der Waals surface area contributed by atoms with Crippen molar-refractivity contribution < 1.29 is 0 Å². The highest BCUT2D eigenvalue weighted by molar-refractivity contribution is 7.09. The van der Waals surface area contributed by atoms with Crippen molar-refractivity contribution in [3.05, 3.63) is 33.0 Å². The van der Waals surface area contributed by atoms with E-state index in [4.69, 9.17) is 4.98 Å². The van der Waals surface area contributed by atoms with Gasteiger partial charge in [0.05, 0.1) is 17.9 Å². The molecule has 2 N–H and O–H groups in total. The van der Waals surface area contributed by atoms with E-state index in [1.54, 1.807) is 18.4 Å². The van der Waals surface area contributed by atoms with Crippen molar-refractivity contribution >= 4 is 17.3 Å². The first kappa shape index (κ1) is 20.4. The Kier molecular flexibility index (Phi) is 6.44. The first-order valence-electron chi connectivity index (χ1n) is 9.03. The average molecular weight is 377 g/mol. The van der Waals surface area contributed by atoms with Crippen LogP contribution < -0.4 is 10.6 Å². The molecule has 0 amide bonds. The van der Waals surface area contributed by atoms with Gasteiger partial charge >= 0.3 is 0 Å². The highest BCUT2D eigenvalue weighted by atomic mass is 32.1. The standard InChI is InChI=1S/C19H32N6S/c1-12(9-15-13(2)24-25(8)14(15)3)22-18(20-7)21-10-17-23-16(11-26-17)19(4,5)6/h11-12H,9-10H2,1-8H3,(H2,20,21,22). The van der Waals surface area contributed by atoms with Gasteiger partial charge in [-0.25, -0.2) is 4.98 Å². The lowest BCUT2D eigenvalue weighted by atomic mass is 9.93. The van der Waals surface area contributed by atoms with E-state index in [1.165, 1.54) is 11.3 Å². The molecule has 144 valence electrons. The molecule has 0 radical (unpaired) electrons. The van der Waals surface area contributed by atoms with Gasteiger partial charge in [0.15, 0.2) is 5.96 Å². The van der Waals surface area contributed by atoms with E-state index in [-0.39, 0.29) is 11.5 Å². The van der Waals surface area contributed by atoms with Crippen LogP contribution >= 0.6 is 11.3 Å². The Morgan fingerprint density at radius 3 is 2.54 bits per heavy atom. The summed E-state index contributed by atoms with van der Waals surface area (Å²) in [6.07, 6.45) is 0.914. The van der Waals surface area contributed by atoms with Gasteiger partial charge in [-0.15, -0.1) is 11.3 Å². The number of nitrogens with one attached hydrogen (secondary N) is 2. The Morgan fingerprint density at radius 1 is 1.35 bits per heavy atom. The monoisotopic (exact) mass is 376 g/mol. The smallest absolute Gasteiger partial charge is 0.191 e. The molecule has 0 aliphatic rings. The summed E-state index contributed by atoms with van der Waals surface area (Å²) >= 11 is 1.69. The van der Waals surface area contributed by atoms with Crippen molar-refractivity contribution in [2.24, 2.45) is 12.0 Å². The molecule has 0 saturated carbocycles. The van der Waals surface area contributed by atoms with Crippen LogP contribution in [0.4, 0.5) is 0 Å². The first-order valence-corrected chi connectivity index (χ1v) is 9.91. The van der Waals surface area contributed by atoms with Crippen molar-refractivity contribution in [3.8, 4) is 0 Å². The van der Waals surface area contributed by atoms with E-state index in [9.17, 15) is 0 Å². The van der Waals surface area contributed by atoms with Gasteiger partial charge in [0.1, 0.15) is 5.01 Å². The number of aryl methyl sites for hydroxylation is 2. The number of thiazole rings is 1. The molecule has 2 heterocycles. The van der Waals surface area contributed by atoms with Crippen molar-refractivity contribution in [1.82, 2.24) is 25.4 Å². The first-order chi connectivity index (χ1) is 12.1. The summed E-state index contributed by atoms with van der Waals surface area (Å²) in [6.45, 7) is 13.6. The Bertz CT molecular complexity index is 766. The van der Waals surface area contributed by atoms with Crippen LogP contribution in [0.25, 0.3) is 0 Å². The predicted molar refractivity (Wildman–Crippen MR) is 110 cm³/mol. The minimum atomic E-state index is 0.0859. The molecule has 0 fully saturated rings. The number of rotatable bonds is 5. The highest BCUT2D eigenvalue weighted by Crippen LogP contribution is 2.23. The molecule has 7 heteroatoms. The Labute approximate surface area is 161 Å². The van der Waals surface area contributed by atoms with E-state index in [0.29, 0.717) is 6.54 Å². The SMILES string of the molecule is CN=C(NCc1nc(C(C)(C)C)cs1)NC(C)Cc1c(C)nn(C)c1C. The van der Waals surface area contributed by atoms with Crippen LogP contribution in [0.5, 0.6) is 0 Å². The van der Waals surface area contributed by atoms with Crippen LogP contribution in [-0.4, -0.2) is 33.8 Å². The highest BCUT2D eigenvalue weighted by Gasteiger charge is 2.18. The van der Waals surface area contributed by atoms with Gasteiger partial charge < -0.3 is 10.6 Å². The van der Waals surface area contributed by atoms with Gasteiger partial charge in [0, 0.05) is 36.6 Å². The van der Waals surface area contributed by atoms with E-state index in [2.05, 4.69) is 67.6 Å². The third-order valence-electron chi connectivity index (χ3n) is 4.50. The molecule has 26 heavy (non-hydrogen) atoms. The molecule has 2 rings (SSSR count). The molecule has 0 bridgehead atoms. The molecular formula is C19H32N6S. The Hall–Kier alpha value is -1.89. The van der Waals surface area contributed by atoms with Gasteiger partial charge in [-0.2, -0.15) is 5.10 Å². The molecule has 2 aromatic rings. The summed E-state index contributed by atoms with van der Waals surface area (Å²) in [7, 11) is 3.79. The van der Waals surface area contributed by atoms with E-state index in [0.717, 1.165) is 28.8 Å². The van der Waals surface area contributed by atoms with Crippen LogP contribution in [0.1, 0.15) is 55.3 Å². The van der Waals surface area contributed by atoms with Crippen molar-refractivity contribution in [3.63, 3.8) is 0 Å². The van der Waals surface area contributed by atoms with Gasteiger partial charge in [0.2, 0.25) is 0 Å². The molecular weight excluding hydrogens is 344 g/mol. The van der Waals surface area contributed by atoms with Crippen LogP contribution in [0.15, 0.2) is 10.4 Å². The fraction of sp³-hybridized carbons (Fsp3) is 0.632. The summed E-state index contributed by atoms with van der Waals surface area (Å²) < 4.78 is 1.94. The number of guanidine groups is 1. The topological polar surface area (TPSA) is 67.1 Å². The zero-order valence-corrected chi connectivity index (χ0v) is 18.1. The number of aromatic nitrogens is 3. The molecule has 0 aliphatic heterocycles. The summed E-state index contributed by atoms with van der Waals surface area (Å²) in [6, 6.07) is 0.254. The van der Waals surface area contributed by atoms with Crippen LogP contribution in [-0.2, 0) is 25.4 Å². The molecule has 0 saturated heterocycles. The lowest BCUT2D eigenvalue weighted by Gasteiger charge is -2.18. The maximum absolute atomic E-state index is 4.72. The zero-order valence-electron chi connectivity index (χ0n) is 17.3. The van der Waals surface area contributed by atoms with Crippen LogP contribution in [0.3, 0.4) is 0 Å². The third kappa shape index (κ3) is 5.06. The zero-order chi connectivity index (χ0) is 19.5. The predicted octanol–water partition coefficient (Wildman–Crippen LogP) is 3.09. The molecule has 0 aliphatic carbocycles. The van der Waals surface area contributed by atoms with Crippen molar-refractivity contribution in [2.75, 3.05) is 7.05 Å². The van der Waals surface area contributed by atoms with E-state index < -0.39 is 0 Å². The van der Waals surface area contributed by atoms with Gasteiger partial charge in [-0.1, -0.05) is 20.8 Å². The van der Waals surface area contributed by atoms with Crippen LogP contribution in [0.2, 0.25) is 0 Å². The van der Waals surface area contributed by atoms with Gasteiger partial charge in [-0.05, 0) is 32.8 Å². The lowest BCUT2D eigenvalue weighted by molar-refractivity contribution is 0.570. The lowest BCUT2D eigenvalue weighted by Crippen LogP contribution is -2.42. The minimum absolute atomic E-state index is 0.0859. The van der Waals surface area contributed by atoms with Crippen molar-refractivity contribution in [2.45, 2.75) is 66.0 Å². The fourth-order valence-corrected chi connectivity index (χ4v) is 3.75. The number of aliphatic imine (C=N–C) groups is 1. The second-order valence-corrected chi connectivity index (χ2v) is 8.77. The molecule has 2 aromatic heterocycles. The molecule has 0 aromatic carbocycles.